The van der Waals surface area contributed by atoms with E-state index in [0.717, 1.165) is 23.0 Å². The van der Waals surface area contributed by atoms with Crippen LogP contribution >= 0.6 is 45.8 Å². The Morgan fingerprint density at radius 3 is 2.55 bits per heavy atom. The Hall–Kier alpha value is -0.290. The number of rotatable bonds is 5. The van der Waals surface area contributed by atoms with Crippen molar-refractivity contribution >= 4 is 45.8 Å². The molecule has 2 aromatic carbocycles. The molecule has 2 aromatic rings. The SMILES string of the molecule is CCNC(Cc1cccc(Cl)c1)c1cc(Cl)ccc1I. The van der Waals surface area contributed by atoms with E-state index in [1.54, 1.807) is 0 Å². The van der Waals surface area contributed by atoms with Crippen LogP contribution in [0.15, 0.2) is 42.5 Å². The molecule has 2 rings (SSSR count). The van der Waals surface area contributed by atoms with Crippen LogP contribution < -0.4 is 5.32 Å². The molecule has 0 amide bonds. The predicted molar refractivity (Wildman–Crippen MR) is 95.7 cm³/mol. The zero-order valence-corrected chi connectivity index (χ0v) is 14.8. The highest BCUT2D eigenvalue weighted by Crippen LogP contribution is 2.27. The molecular formula is C16H16Cl2IN. The van der Waals surface area contributed by atoms with Gasteiger partial charge in [0.05, 0.1) is 0 Å². The van der Waals surface area contributed by atoms with Crippen molar-refractivity contribution in [2.45, 2.75) is 19.4 Å². The smallest absolute Gasteiger partial charge is 0.0410 e. The molecule has 1 nitrogen and oxygen atoms in total. The maximum atomic E-state index is 6.14. The summed E-state index contributed by atoms with van der Waals surface area (Å²) in [5.41, 5.74) is 2.46. The van der Waals surface area contributed by atoms with E-state index in [9.17, 15) is 0 Å². The standard InChI is InChI=1S/C16H16Cl2IN/c1-2-20-16(9-11-4-3-5-12(17)8-11)14-10-13(18)6-7-15(14)19/h3-8,10,16,20H,2,9H2,1H3. The molecule has 0 aliphatic heterocycles. The summed E-state index contributed by atoms with van der Waals surface area (Å²) >= 11 is 14.6. The first-order valence-corrected chi connectivity index (χ1v) is 8.36. The molecule has 0 radical (unpaired) electrons. The van der Waals surface area contributed by atoms with Gasteiger partial charge in [0.1, 0.15) is 0 Å². The van der Waals surface area contributed by atoms with E-state index in [4.69, 9.17) is 23.2 Å². The van der Waals surface area contributed by atoms with Gasteiger partial charge in [0.25, 0.3) is 0 Å². The minimum absolute atomic E-state index is 0.240. The molecule has 0 spiro atoms. The molecule has 0 aromatic heterocycles. The molecule has 0 fully saturated rings. The van der Waals surface area contributed by atoms with Crippen LogP contribution in [0, 0.1) is 3.57 Å². The van der Waals surface area contributed by atoms with E-state index in [-0.39, 0.29) is 6.04 Å². The topological polar surface area (TPSA) is 12.0 Å². The summed E-state index contributed by atoms with van der Waals surface area (Å²) in [5.74, 6) is 0. The Morgan fingerprint density at radius 1 is 1.10 bits per heavy atom. The number of hydrogen-bond donors (Lipinski definition) is 1. The lowest BCUT2D eigenvalue weighted by molar-refractivity contribution is 0.548. The minimum Gasteiger partial charge on any atom is -0.310 e. The number of benzene rings is 2. The fraction of sp³-hybridized carbons (Fsp3) is 0.250. The van der Waals surface area contributed by atoms with Crippen molar-refractivity contribution in [1.82, 2.24) is 5.32 Å². The van der Waals surface area contributed by atoms with E-state index in [2.05, 4.69) is 47.0 Å². The summed E-state index contributed by atoms with van der Waals surface area (Å²) in [6.07, 6.45) is 0.894. The van der Waals surface area contributed by atoms with Gasteiger partial charge in [0, 0.05) is 19.7 Å². The summed E-state index contributed by atoms with van der Waals surface area (Å²) < 4.78 is 1.22. The first-order valence-electron chi connectivity index (χ1n) is 6.53. The number of hydrogen-bond acceptors (Lipinski definition) is 1. The number of likely N-dealkylation sites (N-methyl/N-ethyl adjacent to an activating group) is 1. The van der Waals surface area contributed by atoms with Crippen LogP contribution in [0.3, 0.4) is 0 Å². The lowest BCUT2D eigenvalue weighted by atomic mass is 9.99. The molecule has 1 unspecified atom stereocenters. The first-order chi connectivity index (χ1) is 9.60. The molecule has 0 heterocycles. The maximum Gasteiger partial charge on any atom is 0.0410 e. The second-order valence-corrected chi connectivity index (χ2v) is 6.65. The van der Waals surface area contributed by atoms with Crippen LogP contribution in [-0.2, 0) is 6.42 Å². The second kappa shape index (κ2) is 7.64. The van der Waals surface area contributed by atoms with Gasteiger partial charge in [-0.25, -0.2) is 0 Å². The zero-order chi connectivity index (χ0) is 14.5. The monoisotopic (exact) mass is 419 g/mol. The van der Waals surface area contributed by atoms with Crippen LogP contribution in [-0.4, -0.2) is 6.54 Å². The van der Waals surface area contributed by atoms with Crippen LogP contribution in [0.25, 0.3) is 0 Å². The van der Waals surface area contributed by atoms with Gasteiger partial charge in [0.2, 0.25) is 0 Å². The summed E-state index contributed by atoms with van der Waals surface area (Å²) in [4.78, 5) is 0. The third kappa shape index (κ3) is 4.35. The molecule has 0 aliphatic rings. The molecule has 1 N–H and O–H groups in total. The third-order valence-electron chi connectivity index (χ3n) is 3.11. The highest BCUT2D eigenvalue weighted by Gasteiger charge is 2.15. The van der Waals surface area contributed by atoms with Gasteiger partial charge in [-0.15, -0.1) is 0 Å². The zero-order valence-electron chi connectivity index (χ0n) is 11.2. The van der Waals surface area contributed by atoms with E-state index < -0.39 is 0 Å². The minimum atomic E-state index is 0.240. The van der Waals surface area contributed by atoms with Crippen molar-refractivity contribution in [2.75, 3.05) is 6.54 Å². The van der Waals surface area contributed by atoms with Crippen molar-refractivity contribution in [2.24, 2.45) is 0 Å². The normalized spacial score (nSPS) is 12.4. The van der Waals surface area contributed by atoms with E-state index in [1.165, 1.54) is 14.7 Å². The number of halogens is 3. The fourth-order valence-electron chi connectivity index (χ4n) is 2.22. The van der Waals surface area contributed by atoms with Gasteiger partial charge in [-0.2, -0.15) is 0 Å². The Labute approximate surface area is 143 Å². The van der Waals surface area contributed by atoms with Gasteiger partial charge in [-0.1, -0.05) is 42.3 Å². The quantitative estimate of drug-likeness (QED) is 0.631. The van der Waals surface area contributed by atoms with Gasteiger partial charge < -0.3 is 5.32 Å². The van der Waals surface area contributed by atoms with Gasteiger partial charge in [-0.05, 0) is 77.0 Å². The molecular weight excluding hydrogens is 404 g/mol. The van der Waals surface area contributed by atoms with Gasteiger partial charge >= 0.3 is 0 Å². The summed E-state index contributed by atoms with van der Waals surface area (Å²) in [6, 6.07) is 14.3. The Kier molecular flexibility index (Phi) is 6.15. The lowest BCUT2D eigenvalue weighted by Gasteiger charge is -2.20. The van der Waals surface area contributed by atoms with E-state index in [1.807, 2.05) is 30.3 Å². The van der Waals surface area contributed by atoms with Gasteiger partial charge in [-0.3, -0.25) is 0 Å². The van der Waals surface area contributed by atoms with Crippen molar-refractivity contribution in [3.05, 3.63) is 67.2 Å². The lowest BCUT2D eigenvalue weighted by Crippen LogP contribution is -2.23. The molecule has 0 saturated carbocycles. The summed E-state index contributed by atoms with van der Waals surface area (Å²) in [7, 11) is 0. The number of nitrogens with one attached hydrogen (secondary N) is 1. The average molecular weight is 420 g/mol. The van der Waals surface area contributed by atoms with E-state index >= 15 is 0 Å². The highest BCUT2D eigenvalue weighted by molar-refractivity contribution is 14.1. The molecule has 4 heteroatoms. The molecule has 0 saturated heterocycles. The van der Waals surface area contributed by atoms with Crippen LogP contribution in [0.4, 0.5) is 0 Å². The predicted octanol–water partition coefficient (Wildman–Crippen LogP) is 5.49. The fourth-order valence-corrected chi connectivity index (χ4v) is 3.32. The van der Waals surface area contributed by atoms with E-state index in [0.29, 0.717) is 0 Å². The van der Waals surface area contributed by atoms with Crippen molar-refractivity contribution < 1.29 is 0 Å². The molecule has 0 aliphatic carbocycles. The Bertz CT molecular complexity index is 586. The molecule has 1 atom stereocenters. The molecule has 106 valence electrons. The highest BCUT2D eigenvalue weighted by atomic mass is 127. The summed E-state index contributed by atoms with van der Waals surface area (Å²) in [6.45, 7) is 3.02. The Balaban J connectivity index is 2.29. The van der Waals surface area contributed by atoms with Crippen LogP contribution in [0.5, 0.6) is 0 Å². The van der Waals surface area contributed by atoms with Crippen molar-refractivity contribution in [1.29, 1.82) is 0 Å². The average Bonchev–Trinajstić information content (AvgIpc) is 2.41. The molecule has 0 bridgehead atoms. The largest absolute Gasteiger partial charge is 0.310 e. The van der Waals surface area contributed by atoms with Gasteiger partial charge in [0.15, 0.2) is 0 Å². The van der Waals surface area contributed by atoms with Crippen LogP contribution in [0.1, 0.15) is 24.1 Å². The van der Waals surface area contributed by atoms with Crippen molar-refractivity contribution in [3.63, 3.8) is 0 Å². The van der Waals surface area contributed by atoms with Crippen LogP contribution in [0.2, 0.25) is 10.0 Å². The first kappa shape index (κ1) is 16.1. The van der Waals surface area contributed by atoms with Crippen molar-refractivity contribution in [3.8, 4) is 0 Å². The summed E-state index contributed by atoms with van der Waals surface area (Å²) in [5, 5.41) is 5.08. The molecule has 20 heavy (non-hydrogen) atoms. The second-order valence-electron chi connectivity index (χ2n) is 4.61. The third-order valence-corrected chi connectivity index (χ3v) is 4.57. The Morgan fingerprint density at radius 2 is 1.85 bits per heavy atom. The maximum absolute atomic E-state index is 6.14.